The summed E-state index contributed by atoms with van der Waals surface area (Å²) in [5.74, 6) is 0. The smallest absolute Gasteiger partial charge is 0.0714 e. The zero-order chi connectivity index (χ0) is 51.6. The molecule has 14 aromatic rings. The highest BCUT2D eigenvalue weighted by Crippen LogP contribution is 2.61. The summed E-state index contributed by atoms with van der Waals surface area (Å²) >= 11 is 1.92. The minimum atomic E-state index is -0.701. The number of thiophene rings is 1. The van der Waals surface area contributed by atoms with E-state index in [1.165, 1.54) is 97.4 Å². The van der Waals surface area contributed by atoms with Gasteiger partial charge in [-0.2, -0.15) is 0 Å². The number of hydrogen-bond acceptors (Lipinski definition) is 3. The zero-order valence-electron chi connectivity index (χ0n) is 42.7. The number of benzene rings is 13. The molecule has 13 aromatic carbocycles. The second-order valence-electron chi connectivity index (χ2n) is 20.3. The minimum absolute atomic E-state index is 0.701. The Balaban J connectivity index is 1.09. The summed E-state index contributed by atoms with van der Waals surface area (Å²) < 4.78 is 2.44. The Kier molecular flexibility index (Phi) is 11.0. The standard InChI is InChI=1S/C75H50N2S/c1-5-21-51(22-6-1)53-39-43-59(44-40-53)76(67-37-19-27-55-25-13-15-33-61(55)67)69-49-47-64-63-35-17-18-36-65(63)75(57-29-9-3-10-30-57,58-31-11-4-12-32-58)66-48-50-70(74-72(66)71(64)73(69)78-74)77(68-38-20-28-56-26-14-16-34-62(56)68)60-45-41-54(42-46-60)52-23-7-2-8-24-52/h1-50H. The molecule has 0 N–H and O–H groups in total. The molecule has 1 aromatic heterocycles. The fraction of sp³-hybridized carbons (Fsp3) is 0.0133. The molecule has 78 heavy (non-hydrogen) atoms. The van der Waals surface area contributed by atoms with E-state index in [1.54, 1.807) is 0 Å². The first-order valence-electron chi connectivity index (χ1n) is 26.8. The van der Waals surface area contributed by atoms with Crippen molar-refractivity contribution < 1.29 is 0 Å². The Morgan fingerprint density at radius 1 is 0.256 bits per heavy atom. The van der Waals surface area contributed by atoms with Crippen LogP contribution in [0.5, 0.6) is 0 Å². The maximum Gasteiger partial charge on any atom is 0.0714 e. The lowest BCUT2D eigenvalue weighted by atomic mass is 9.64. The van der Waals surface area contributed by atoms with Crippen molar-refractivity contribution in [3.05, 3.63) is 326 Å². The van der Waals surface area contributed by atoms with Crippen molar-refractivity contribution in [1.29, 1.82) is 0 Å². The molecule has 0 amide bonds. The van der Waals surface area contributed by atoms with E-state index in [4.69, 9.17) is 0 Å². The molecule has 1 heterocycles. The maximum atomic E-state index is 2.53. The topological polar surface area (TPSA) is 6.48 Å². The molecule has 3 heteroatoms. The lowest BCUT2D eigenvalue weighted by molar-refractivity contribution is 0.756. The predicted molar refractivity (Wildman–Crippen MR) is 332 cm³/mol. The van der Waals surface area contributed by atoms with Gasteiger partial charge in [0.15, 0.2) is 0 Å². The largest absolute Gasteiger partial charge is 0.308 e. The Morgan fingerprint density at radius 3 is 1.19 bits per heavy atom. The van der Waals surface area contributed by atoms with Crippen LogP contribution in [0, 0.1) is 0 Å². The van der Waals surface area contributed by atoms with Crippen LogP contribution in [0.4, 0.5) is 34.1 Å². The van der Waals surface area contributed by atoms with E-state index >= 15 is 0 Å². The van der Waals surface area contributed by atoms with E-state index in [1.807, 2.05) is 11.3 Å². The first kappa shape index (κ1) is 45.6. The summed E-state index contributed by atoms with van der Waals surface area (Å²) in [5, 5.41) is 7.29. The number of anilines is 6. The van der Waals surface area contributed by atoms with Gasteiger partial charge in [-0.25, -0.2) is 0 Å². The lowest BCUT2D eigenvalue weighted by Gasteiger charge is -2.38. The number of rotatable bonds is 10. The fourth-order valence-corrected chi connectivity index (χ4v) is 14.0. The molecule has 15 rings (SSSR count). The maximum absolute atomic E-state index is 2.53. The van der Waals surface area contributed by atoms with Crippen molar-refractivity contribution in [1.82, 2.24) is 0 Å². The van der Waals surface area contributed by atoms with Gasteiger partial charge >= 0.3 is 0 Å². The van der Waals surface area contributed by atoms with Gasteiger partial charge in [0, 0.05) is 32.9 Å². The van der Waals surface area contributed by atoms with Gasteiger partial charge in [0.25, 0.3) is 0 Å². The third-order valence-corrected chi connectivity index (χ3v) is 17.4. The Bertz CT molecular complexity index is 4480. The molecular weight excluding hydrogens is 961 g/mol. The Hall–Kier alpha value is -9.80. The molecule has 0 fully saturated rings. The van der Waals surface area contributed by atoms with Gasteiger partial charge in [-0.1, -0.05) is 255 Å². The highest BCUT2D eigenvalue weighted by Gasteiger charge is 2.44. The zero-order valence-corrected chi connectivity index (χ0v) is 43.5. The average molecular weight is 1010 g/mol. The normalized spacial score (nSPS) is 12.5. The first-order valence-corrected chi connectivity index (χ1v) is 27.6. The van der Waals surface area contributed by atoms with E-state index < -0.39 is 5.41 Å². The summed E-state index contributed by atoms with van der Waals surface area (Å²) in [5.41, 5.74) is 18.2. The van der Waals surface area contributed by atoms with Gasteiger partial charge in [-0.15, -0.1) is 11.3 Å². The van der Waals surface area contributed by atoms with Crippen molar-refractivity contribution in [2.75, 3.05) is 9.80 Å². The predicted octanol–water partition coefficient (Wildman–Crippen LogP) is 21.0. The molecule has 0 bridgehead atoms. The molecule has 0 radical (unpaired) electrons. The minimum Gasteiger partial charge on any atom is -0.308 e. The fourth-order valence-electron chi connectivity index (χ4n) is 12.7. The molecule has 2 nitrogen and oxygen atoms in total. The van der Waals surface area contributed by atoms with E-state index in [9.17, 15) is 0 Å². The SMILES string of the molecule is c1ccc(-c2ccc(N(c3cccc4ccccc34)c3ccc4c5c3sc3c(N(c6ccc(-c7ccccc7)cc6)c6cccc7ccccc67)ccc(c35)C(c3ccccc3)(c3ccccc3)c3ccccc3-4)cc2)cc1. The van der Waals surface area contributed by atoms with Gasteiger partial charge in [-0.3, -0.25) is 0 Å². The van der Waals surface area contributed by atoms with Gasteiger partial charge in [0.2, 0.25) is 0 Å². The molecule has 0 saturated carbocycles. The first-order chi connectivity index (χ1) is 38.7. The Morgan fingerprint density at radius 2 is 0.667 bits per heavy atom. The number of nitrogens with zero attached hydrogens (tertiary/aromatic N) is 2. The van der Waals surface area contributed by atoms with Gasteiger partial charge in [0.1, 0.15) is 0 Å². The van der Waals surface area contributed by atoms with E-state index in [0.29, 0.717) is 0 Å². The molecular formula is C75H50N2S. The molecule has 0 saturated heterocycles. The third-order valence-electron chi connectivity index (χ3n) is 16.1. The summed E-state index contributed by atoms with van der Waals surface area (Å²) in [4.78, 5) is 5.05. The van der Waals surface area contributed by atoms with Crippen molar-refractivity contribution >= 4 is 87.2 Å². The molecule has 0 atom stereocenters. The van der Waals surface area contributed by atoms with E-state index in [0.717, 1.165) is 34.1 Å². The quantitative estimate of drug-likeness (QED) is 0.135. The average Bonchev–Trinajstić information content (AvgIpc) is 3.01. The second kappa shape index (κ2) is 18.8. The van der Waals surface area contributed by atoms with Crippen LogP contribution in [0.1, 0.15) is 22.3 Å². The third kappa shape index (κ3) is 7.24. The Labute approximate surface area is 458 Å². The van der Waals surface area contributed by atoms with Crippen LogP contribution >= 0.6 is 11.3 Å². The van der Waals surface area contributed by atoms with Gasteiger partial charge in [0.05, 0.1) is 37.6 Å². The summed E-state index contributed by atoms with van der Waals surface area (Å²) in [7, 11) is 0. The van der Waals surface area contributed by atoms with Crippen molar-refractivity contribution in [3.63, 3.8) is 0 Å². The highest BCUT2D eigenvalue weighted by atomic mass is 32.1. The second-order valence-corrected chi connectivity index (χ2v) is 21.3. The molecule has 1 aliphatic carbocycles. The van der Waals surface area contributed by atoms with Crippen LogP contribution in [-0.4, -0.2) is 0 Å². The number of hydrogen-bond donors (Lipinski definition) is 0. The van der Waals surface area contributed by atoms with Gasteiger partial charge in [-0.05, 0) is 115 Å². The van der Waals surface area contributed by atoms with Crippen molar-refractivity contribution in [3.8, 4) is 33.4 Å². The highest BCUT2D eigenvalue weighted by molar-refractivity contribution is 7.27. The van der Waals surface area contributed by atoms with E-state index in [2.05, 4.69) is 313 Å². The summed E-state index contributed by atoms with van der Waals surface area (Å²) in [6, 6.07) is 112. The van der Waals surface area contributed by atoms with Crippen LogP contribution in [0.25, 0.3) is 75.1 Å². The van der Waals surface area contributed by atoms with Crippen molar-refractivity contribution in [2.45, 2.75) is 5.41 Å². The molecule has 0 spiro atoms. The van der Waals surface area contributed by atoms with Crippen LogP contribution < -0.4 is 9.80 Å². The van der Waals surface area contributed by atoms with E-state index in [-0.39, 0.29) is 0 Å². The van der Waals surface area contributed by atoms with Crippen LogP contribution in [0.15, 0.2) is 303 Å². The van der Waals surface area contributed by atoms with Gasteiger partial charge < -0.3 is 9.80 Å². The summed E-state index contributed by atoms with van der Waals surface area (Å²) in [6.07, 6.45) is 0. The summed E-state index contributed by atoms with van der Waals surface area (Å²) in [6.45, 7) is 0. The molecule has 0 aliphatic heterocycles. The van der Waals surface area contributed by atoms with Crippen molar-refractivity contribution in [2.24, 2.45) is 0 Å². The van der Waals surface area contributed by atoms with Crippen LogP contribution in [0.3, 0.4) is 0 Å². The molecule has 0 unspecified atom stereocenters. The number of fused-ring (bicyclic) bond motifs is 4. The van der Waals surface area contributed by atoms with Crippen LogP contribution in [0.2, 0.25) is 0 Å². The monoisotopic (exact) mass is 1010 g/mol. The van der Waals surface area contributed by atoms with Crippen LogP contribution in [-0.2, 0) is 5.41 Å². The molecule has 366 valence electrons. The lowest BCUT2D eigenvalue weighted by Crippen LogP contribution is -2.31. The molecule has 1 aliphatic rings.